The van der Waals surface area contributed by atoms with Crippen LogP contribution in [0.15, 0.2) is 4.99 Å². The number of rotatable bonds is 9. The summed E-state index contributed by atoms with van der Waals surface area (Å²) in [5.41, 5.74) is 0. The second-order valence-corrected chi connectivity index (χ2v) is 6.93. The van der Waals surface area contributed by atoms with Crippen LogP contribution in [0.2, 0.25) is 6.04 Å². The van der Waals surface area contributed by atoms with Crippen molar-refractivity contribution in [2.75, 3.05) is 26.3 Å². The second-order valence-electron chi connectivity index (χ2n) is 4.25. The molecule has 0 aromatic carbocycles. The van der Waals surface area contributed by atoms with Crippen molar-refractivity contribution in [1.82, 2.24) is 5.32 Å². The Hall–Kier alpha value is -0.433. The first-order valence-corrected chi connectivity index (χ1v) is 8.84. The molecule has 1 heterocycles. The monoisotopic (exact) mass is 274 g/mol. The molecule has 6 heteroatoms. The van der Waals surface area contributed by atoms with Crippen molar-refractivity contribution >= 4 is 14.6 Å². The normalized spacial score (nSPS) is 17.4. The first-order chi connectivity index (χ1) is 8.67. The van der Waals surface area contributed by atoms with Crippen LogP contribution in [0.4, 0.5) is 0 Å². The van der Waals surface area contributed by atoms with Crippen LogP contribution < -0.4 is 5.32 Å². The minimum absolute atomic E-state index is 0.0798. The summed E-state index contributed by atoms with van der Waals surface area (Å²) >= 11 is 0. The Labute approximate surface area is 111 Å². The van der Waals surface area contributed by atoms with Crippen LogP contribution in [0.5, 0.6) is 0 Å². The zero-order chi connectivity index (χ0) is 13.4. The molecule has 1 N–H and O–H groups in total. The van der Waals surface area contributed by atoms with Gasteiger partial charge in [0.25, 0.3) is 0 Å². The fourth-order valence-corrected chi connectivity index (χ4v) is 4.84. The molecule has 0 radical (unpaired) electrons. The van der Waals surface area contributed by atoms with Crippen molar-refractivity contribution in [3.05, 3.63) is 0 Å². The van der Waals surface area contributed by atoms with Gasteiger partial charge in [-0.3, -0.25) is 4.99 Å². The van der Waals surface area contributed by atoms with E-state index in [4.69, 9.17) is 13.3 Å². The molecule has 0 amide bonds. The molecule has 1 rings (SSSR count). The first kappa shape index (κ1) is 15.6. The SMILES string of the molecule is CCC[Si](OCC)(OCC)OC(C)C1=NCCN1. The van der Waals surface area contributed by atoms with E-state index in [2.05, 4.69) is 17.2 Å². The number of hydrogen-bond donors (Lipinski definition) is 1. The molecule has 0 aliphatic carbocycles. The fraction of sp³-hybridized carbons (Fsp3) is 0.917. The van der Waals surface area contributed by atoms with Crippen LogP contribution in [0.1, 0.15) is 34.1 Å². The number of nitrogens with zero attached hydrogens (tertiary/aromatic N) is 1. The van der Waals surface area contributed by atoms with Crippen molar-refractivity contribution in [1.29, 1.82) is 0 Å². The largest absolute Gasteiger partial charge is 0.501 e. The molecule has 5 nitrogen and oxygen atoms in total. The van der Waals surface area contributed by atoms with Gasteiger partial charge in [-0.05, 0) is 20.8 Å². The first-order valence-electron chi connectivity index (χ1n) is 6.91. The van der Waals surface area contributed by atoms with E-state index in [1.807, 2.05) is 20.8 Å². The molecule has 1 aliphatic heterocycles. The van der Waals surface area contributed by atoms with E-state index < -0.39 is 8.80 Å². The molecule has 0 fully saturated rings. The minimum Gasteiger partial charge on any atom is -0.374 e. The predicted molar refractivity (Wildman–Crippen MR) is 75.0 cm³/mol. The van der Waals surface area contributed by atoms with Gasteiger partial charge >= 0.3 is 8.80 Å². The van der Waals surface area contributed by atoms with Gasteiger partial charge in [0.2, 0.25) is 0 Å². The molecule has 1 aliphatic rings. The molecule has 0 aromatic heterocycles. The maximum absolute atomic E-state index is 6.14. The average molecular weight is 274 g/mol. The fourth-order valence-electron chi connectivity index (χ4n) is 2.07. The summed E-state index contributed by atoms with van der Waals surface area (Å²) in [7, 11) is -2.55. The Balaban J connectivity index is 2.67. The standard InChI is InChI=1S/C12H26N2O3Si/c1-5-10-18(15-6-2,16-7-3)17-11(4)12-13-8-9-14-12/h11H,5-10H2,1-4H3,(H,13,14). The number of aliphatic imine (C=N–C) groups is 1. The van der Waals surface area contributed by atoms with Gasteiger partial charge < -0.3 is 18.6 Å². The highest BCUT2D eigenvalue weighted by Crippen LogP contribution is 2.20. The second kappa shape index (κ2) is 7.88. The van der Waals surface area contributed by atoms with Crippen molar-refractivity contribution in [2.24, 2.45) is 4.99 Å². The van der Waals surface area contributed by atoms with Gasteiger partial charge in [-0.15, -0.1) is 0 Å². The van der Waals surface area contributed by atoms with Crippen molar-refractivity contribution in [3.8, 4) is 0 Å². The van der Waals surface area contributed by atoms with Gasteiger partial charge in [0.15, 0.2) is 0 Å². The van der Waals surface area contributed by atoms with Crippen molar-refractivity contribution in [3.63, 3.8) is 0 Å². The Morgan fingerprint density at radius 3 is 2.39 bits per heavy atom. The quantitative estimate of drug-likeness (QED) is 0.652. The maximum Gasteiger partial charge on any atom is 0.501 e. The lowest BCUT2D eigenvalue weighted by atomic mass is 10.4. The summed E-state index contributed by atoms with van der Waals surface area (Å²) in [5, 5.41) is 3.24. The summed E-state index contributed by atoms with van der Waals surface area (Å²) < 4.78 is 17.8. The lowest BCUT2D eigenvalue weighted by Gasteiger charge is -2.31. The Bertz CT molecular complexity index is 257. The zero-order valence-electron chi connectivity index (χ0n) is 12.0. The average Bonchev–Trinajstić information content (AvgIpc) is 2.83. The molecular formula is C12H26N2O3Si. The molecule has 0 saturated carbocycles. The smallest absolute Gasteiger partial charge is 0.374 e. The highest BCUT2D eigenvalue weighted by molar-refractivity contribution is 6.60. The highest BCUT2D eigenvalue weighted by atomic mass is 28.4. The molecule has 1 unspecified atom stereocenters. The third-order valence-corrected chi connectivity index (χ3v) is 6.01. The van der Waals surface area contributed by atoms with Gasteiger partial charge in [-0.25, -0.2) is 0 Å². The number of nitrogens with one attached hydrogen (secondary N) is 1. The van der Waals surface area contributed by atoms with E-state index >= 15 is 0 Å². The Morgan fingerprint density at radius 1 is 1.28 bits per heavy atom. The van der Waals surface area contributed by atoms with E-state index in [-0.39, 0.29) is 6.10 Å². The van der Waals surface area contributed by atoms with E-state index in [1.54, 1.807) is 0 Å². The molecule has 18 heavy (non-hydrogen) atoms. The van der Waals surface area contributed by atoms with Crippen molar-refractivity contribution < 1.29 is 13.3 Å². The van der Waals surface area contributed by atoms with Gasteiger partial charge in [-0.2, -0.15) is 0 Å². The summed E-state index contributed by atoms with van der Waals surface area (Å²) in [6.45, 7) is 11.1. The molecular weight excluding hydrogens is 248 g/mol. The highest BCUT2D eigenvalue weighted by Gasteiger charge is 2.42. The van der Waals surface area contributed by atoms with Crippen LogP contribution in [-0.4, -0.2) is 47.0 Å². The Morgan fingerprint density at radius 2 is 1.94 bits per heavy atom. The topological polar surface area (TPSA) is 52.1 Å². The van der Waals surface area contributed by atoms with Crippen LogP contribution in [0.25, 0.3) is 0 Å². The van der Waals surface area contributed by atoms with Gasteiger partial charge in [0.05, 0.1) is 6.54 Å². The predicted octanol–water partition coefficient (Wildman–Crippen LogP) is 1.82. The summed E-state index contributed by atoms with van der Waals surface area (Å²) in [6.07, 6.45) is 0.919. The van der Waals surface area contributed by atoms with E-state index in [9.17, 15) is 0 Å². The third kappa shape index (κ3) is 4.35. The van der Waals surface area contributed by atoms with Crippen LogP contribution in [0, 0.1) is 0 Å². The number of amidine groups is 1. The molecule has 0 aromatic rings. The molecule has 106 valence electrons. The van der Waals surface area contributed by atoms with E-state index in [0.717, 1.165) is 31.4 Å². The van der Waals surface area contributed by atoms with Gasteiger partial charge in [-0.1, -0.05) is 13.3 Å². The lowest BCUT2D eigenvalue weighted by molar-refractivity contribution is 0.0565. The van der Waals surface area contributed by atoms with E-state index in [0.29, 0.717) is 13.2 Å². The molecule has 1 atom stereocenters. The molecule has 0 spiro atoms. The van der Waals surface area contributed by atoms with Crippen molar-refractivity contribution in [2.45, 2.75) is 46.3 Å². The van der Waals surface area contributed by atoms with Crippen LogP contribution >= 0.6 is 0 Å². The summed E-state index contributed by atoms with van der Waals surface area (Å²) in [4.78, 5) is 4.39. The minimum atomic E-state index is -2.55. The van der Waals surface area contributed by atoms with Gasteiger partial charge in [0, 0.05) is 25.8 Å². The van der Waals surface area contributed by atoms with Crippen LogP contribution in [0.3, 0.4) is 0 Å². The maximum atomic E-state index is 6.14. The van der Waals surface area contributed by atoms with E-state index in [1.165, 1.54) is 0 Å². The third-order valence-electron chi connectivity index (χ3n) is 2.73. The lowest BCUT2D eigenvalue weighted by Crippen LogP contribution is -2.50. The zero-order valence-corrected chi connectivity index (χ0v) is 13.0. The Kier molecular flexibility index (Phi) is 6.84. The van der Waals surface area contributed by atoms with Crippen LogP contribution in [-0.2, 0) is 13.3 Å². The molecule has 0 bridgehead atoms. The van der Waals surface area contributed by atoms with Gasteiger partial charge in [0.1, 0.15) is 11.9 Å². The summed E-state index contributed by atoms with van der Waals surface area (Å²) in [6, 6.07) is 0.853. The summed E-state index contributed by atoms with van der Waals surface area (Å²) in [5.74, 6) is 0.919. The molecule has 0 saturated heterocycles. The number of hydrogen-bond acceptors (Lipinski definition) is 5.